The molecule has 0 heterocycles. The standard InChI is InChI=1S/C13H15BrF3NO/c1-3-4-8(2)12(19)18-11-7-9(13(15,16)17)5-6-10(11)14/h5-8H,3-4H2,1-2H3,(H,18,19). The number of alkyl halides is 3. The fourth-order valence-corrected chi connectivity index (χ4v) is 1.96. The van der Waals surface area contributed by atoms with Crippen LogP contribution in [0.3, 0.4) is 0 Å². The predicted molar refractivity (Wildman–Crippen MR) is 71.8 cm³/mol. The minimum Gasteiger partial charge on any atom is -0.325 e. The Balaban J connectivity index is 2.92. The van der Waals surface area contributed by atoms with Gasteiger partial charge in [0, 0.05) is 10.4 Å². The molecule has 0 fully saturated rings. The summed E-state index contributed by atoms with van der Waals surface area (Å²) in [5.74, 6) is -0.506. The van der Waals surface area contributed by atoms with Gasteiger partial charge in [-0.3, -0.25) is 4.79 Å². The molecule has 1 rings (SSSR count). The first kappa shape index (κ1) is 16.0. The minimum atomic E-state index is -4.42. The highest BCUT2D eigenvalue weighted by molar-refractivity contribution is 9.10. The zero-order valence-corrected chi connectivity index (χ0v) is 12.2. The smallest absolute Gasteiger partial charge is 0.325 e. The van der Waals surface area contributed by atoms with Crippen LogP contribution in [0, 0.1) is 5.92 Å². The first-order chi connectivity index (χ1) is 8.75. The van der Waals surface area contributed by atoms with Crippen LogP contribution >= 0.6 is 15.9 Å². The third-order valence-corrected chi connectivity index (χ3v) is 3.41. The molecular formula is C13H15BrF3NO. The van der Waals surface area contributed by atoms with Crippen LogP contribution in [0.15, 0.2) is 22.7 Å². The molecule has 0 aliphatic rings. The Labute approximate surface area is 118 Å². The van der Waals surface area contributed by atoms with Gasteiger partial charge in [-0.2, -0.15) is 13.2 Å². The highest BCUT2D eigenvalue weighted by Crippen LogP contribution is 2.34. The average Bonchev–Trinajstić information content (AvgIpc) is 2.30. The van der Waals surface area contributed by atoms with Gasteiger partial charge >= 0.3 is 6.18 Å². The molecule has 0 aliphatic heterocycles. The number of benzene rings is 1. The molecule has 0 aromatic heterocycles. The van der Waals surface area contributed by atoms with Crippen molar-refractivity contribution in [3.63, 3.8) is 0 Å². The van der Waals surface area contributed by atoms with Crippen molar-refractivity contribution in [3.8, 4) is 0 Å². The molecule has 0 spiro atoms. The highest BCUT2D eigenvalue weighted by atomic mass is 79.9. The number of nitrogens with one attached hydrogen (secondary N) is 1. The van der Waals surface area contributed by atoms with Gasteiger partial charge in [0.15, 0.2) is 0 Å². The van der Waals surface area contributed by atoms with Gasteiger partial charge in [-0.25, -0.2) is 0 Å². The van der Waals surface area contributed by atoms with Crippen molar-refractivity contribution in [3.05, 3.63) is 28.2 Å². The van der Waals surface area contributed by atoms with Crippen molar-refractivity contribution in [2.45, 2.75) is 32.9 Å². The van der Waals surface area contributed by atoms with Crippen LogP contribution in [-0.4, -0.2) is 5.91 Å². The van der Waals surface area contributed by atoms with Crippen LogP contribution in [0.4, 0.5) is 18.9 Å². The number of rotatable bonds is 4. The zero-order valence-electron chi connectivity index (χ0n) is 10.6. The zero-order chi connectivity index (χ0) is 14.6. The molecule has 1 amide bonds. The van der Waals surface area contributed by atoms with E-state index in [0.717, 1.165) is 18.6 Å². The Kier molecular flexibility index (Phi) is 5.40. The van der Waals surface area contributed by atoms with E-state index < -0.39 is 11.7 Å². The molecule has 1 aromatic carbocycles. The average molecular weight is 338 g/mol. The topological polar surface area (TPSA) is 29.1 Å². The van der Waals surface area contributed by atoms with Crippen molar-refractivity contribution in [1.82, 2.24) is 0 Å². The third-order valence-electron chi connectivity index (χ3n) is 2.72. The molecule has 0 aliphatic carbocycles. The number of halogens is 4. The second kappa shape index (κ2) is 6.41. The van der Waals surface area contributed by atoms with E-state index in [9.17, 15) is 18.0 Å². The first-order valence-electron chi connectivity index (χ1n) is 5.93. The minimum absolute atomic E-state index is 0.141. The molecule has 106 valence electrons. The Morgan fingerprint density at radius 2 is 2.05 bits per heavy atom. The summed E-state index contributed by atoms with van der Waals surface area (Å²) in [4.78, 5) is 11.8. The molecule has 6 heteroatoms. The molecule has 2 nitrogen and oxygen atoms in total. The number of anilines is 1. The van der Waals surface area contributed by atoms with Gasteiger partial charge in [0.1, 0.15) is 0 Å². The van der Waals surface area contributed by atoms with Crippen LogP contribution in [0.5, 0.6) is 0 Å². The number of hydrogen-bond acceptors (Lipinski definition) is 1. The second-order valence-electron chi connectivity index (χ2n) is 4.37. The van der Waals surface area contributed by atoms with Crippen LogP contribution in [0.2, 0.25) is 0 Å². The summed E-state index contributed by atoms with van der Waals surface area (Å²) >= 11 is 3.13. The molecule has 19 heavy (non-hydrogen) atoms. The van der Waals surface area contributed by atoms with Crippen LogP contribution in [-0.2, 0) is 11.0 Å². The molecule has 1 atom stereocenters. The van der Waals surface area contributed by atoms with Crippen LogP contribution < -0.4 is 5.32 Å². The molecule has 0 saturated carbocycles. The lowest BCUT2D eigenvalue weighted by Gasteiger charge is -2.14. The quantitative estimate of drug-likeness (QED) is 0.836. The van der Waals surface area contributed by atoms with Gasteiger partial charge < -0.3 is 5.32 Å². The summed E-state index contributed by atoms with van der Waals surface area (Å²) in [6.45, 7) is 3.70. The lowest BCUT2D eigenvalue weighted by Crippen LogP contribution is -2.20. The van der Waals surface area contributed by atoms with E-state index >= 15 is 0 Å². The van der Waals surface area contributed by atoms with E-state index in [1.165, 1.54) is 6.07 Å². The molecule has 0 saturated heterocycles. The van der Waals surface area contributed by atoms with Crippen molar-refractivity contribution in [1.29, 1.82) is 0 Å². The summed E-state index contributed by atoms with van der Waals surface area (Å²) < 4.78 is 38.2. The fourth-order valence-electron chi connectivity index (χ4n) is 1.62. The van der Waals surface area contributed by atoms with E-state index in [4.69, 9.17) is 0 Å². The Morgan fingerprint density at radius 3 is 2.58 bits per heavy atom. The van der Waals surface area contributed by atoms with Gasteiger partial charge in [-0.15, -0.1) is 0 Å². The van der Waals surface area contributed by atoms with Crippen molar-refractivity contribution >= 4 is 27.5 Å². The number of carbonyl (C=O) groups is 1. The highest BCUT2D eigenvalue weighted by Gasteiger charge is 2.31. The third kappa shape index (κ3) is 4.53. The SMILES string of the molecule is CCCC(C)C(=O)Nc1cc(C(F)(F)F)ccc1Br. The van der Waals surface area contributed by atoms with Crippen molar-refractivity contribution in [2.24, 2.45) is 5.92 Å². The normalized spacial score (nSPS) is 13.2. The largest absolute Gasteiger partial charge is 0.416 e. The summed E-state index contributed by atoms with van der Waals surface area (Å²) in [5.41, 5.74) is -0.642. The number of carbonyl (C=O) groups excluding carboxylic acids is 1. The van der Waals surface area contributed by atoms with E-state index in [-0.39, 0.29) is 17.5 Å². The predicted octanol–water partition coefficient (Wildman–Crippen LogP) is 4.84. The van der Waals surface area contributed by atoms with Gasteiger partial charge in [0.2, 0.25) is 5.91 Å². The van der Waals surface area contributed by atoms with E-state index in [2.05, 4.69) is 21.2 Å². The molecular weight excluding hydrogens is 323 g/mol. The number of amides is 1. The maximum absolute atomic E-state index is 12.6. The van der Waals surface area contributed by atoms with Gasteiger partial charge in [-0.05, 0) is 40.5 Å². The van der Waals surface area contributed by atoms with Crippen molar-refractivity contribution < 1.29 is 18.0 Å². The van der Waals surface area contributed by atoms with Crippen LogP contribution in [0.25, 0.3) is 0 Å². The lowest BCUT2D eigenvalue weighted by atomic mass is 10.1. The van der Waals surface area contributed by atoms with E-state index in [1.807, 2.05) is 6.92 Å². The Hall–Kier alpha value is -1.04. The molecule has 0 radical (unpaired) electrons. The van der Waals surface area contributed by atoms with Crippen molar-refractivity contribution in [2.75, 3.05) is 5.32 Å². The monoisotopic (exact) mass is 337 g/mol. The summed E-state index contributed by atoms with van der Waals surface area (Å²) in [6, 6.07) is 3.18. The fraction of sp³-hybridized carbons (Fsp3) is 0.462. The van der Waals surface area contributed by atoms with E-state index in [0.29, 0.717) is 10.9 Å². The first-order valence-corrected chi connectivity index (χ1v) is 6.72. The molecule has 1 N–H and O–H groups in total. The Morgan fingerprint density at radius 1 is 1.42 bits per heavy atom. The van der Waals surface area contributed by atoms with Gasteiger partial charge in [-0.1, -0.05) is 20.3 Å². The molecule has 0 bridgehead atoms. The molecule has 1 unspecified atom stereocenters. The molecule has 1 aromatic rings. The summed E-state index contributed by atoms with van der Waals surface area (Å²) in [5, 5.41) is 2.52. The second-order valence-corrected chi connectivity index (χ2v) is 5.23. The van der Waals surface area contributed by atoms with Gasteiger partial charge in [0.25, 0.3) is 0 Å². The van der Waals surface area contributed by atoms with Crippen LogP contribution in [0.1, 0.15) is 32.3 Å². The maximum Gasteiger partial charge on any atom is 0.416 e. The van der Waals surface area contributed by atoms with Gasteiger partial charge in [0.05, 0.1) is 11.3 Å². The Bertz CT molecular complexity index is 460. The summed E-state index contributed by atoms with van der Waals surface area (Å²) in [7, 11) is 0. The lowest BCUT2D eigenvalue weighted by molar-refractivity contribution is -0.137. The summed E-state index contributed by atoms with van der Waals surface area (Å²) in [6.07, 6.45) is -2.88. The maximum atomic E-state index is 12.6. The number of hydrogen-bond donors (Lipinski definition) is 1. The van der Waals surface area contributed by atoms with E-state index in [1.54, 1.807) is 6.92 Å².